The molecular weight excluding hydrogens is 364 g/mol. The summed E-state index contributed by atoms with van der Waals surface area (Å²) in [5.41, 5.74) is 0. The average Bonchev–Trinajstić information content (AvgIpc) is 2.78. The van der Waals surface area contributed by atoms with E-state index in [9.17, 15) is 8.42 Å². The SMILES string of the molecule is CCNCc1cc(S(=O)(=O)NCCCOCC)c(Br)s1. The maximum absolute atomic E-state index is 12.2. The molecule has 8 heteroatoms. The van der Waals surface area contributed by atoms with Crippen LogP contribution in [0.1, 0.15) is 25.1 Å². The minimum Gasteiger partial charge on any atom is -0.382 e. The Kier molecular flexibility index (Phi) is 8.23. The lowest BCUT2D eigenvalue weighted by Gasteiger charge is -2.05. The predicted octanol–water partition coefficient (Wildman–Crippen LogP) is 2.33. The zero-order chi connectivity index (χ0) is 15.0. The molecule has 1 rings (SSSR count). The largest absolute Gasteiger partial charge is 0.382 e. The minimum absolute atomic E-state index is 0.312. The Hall–Kier alpha value is 0.01000. The molecule has 0 atom stereocenters. The van der Waals surface area contributed by atoms with E-state index in [1.807, 2.05) is 13.8 Å². The van der Waals surface area contributed by atoms with Gasteiger partial charge in [-0.3, -0.25) is 0 Å². The Balaban J connectivity index is 2.60. The number of rotatable bonds is 10. The van der Waals surface area contributed by atoms with Crippen molar-refractivity contribution in [2.75, 3.05) is 26.3 Å². The van der Waals surface area contributed by atoms with Gasteiger partial charge in [0.05, 0.1) is 3.79 Å². The van der Waals surface area contributed by atoms with Crippen molar-refractivity contribution in [3.8, 4) is 0 Å². The summed E-state index contributed by atoms with van der Waals surface area (Å²) in [6, 6.07) is 1.71. The Morgan fingerprint density at radius 2 is 2.15 bits per heavy atom. The van der Waals surface area contributed by atoms with Gasteiger partial charge in [0.1, 0.15) is 4.90 Å². The molecule has 1 heterocycles. The van der Waals surface area contributed by atoms with Crippen LogP contribution in [-0.2, 0) is 21.3 Å². The van der Waals surface area contributed by atoms with Crippen molar-refractivity contribution in [1.82, 2.24) is 10.0 Å². The third-order valence-corrected chi connectivity index (χ3v) is 6.22. The van der Waals surface area contributed by atoms with Crippen LogP contribution in [0.15, 0.2) is 14.7 Å². The van der Waals surface area contributed by atoms with E-state index in [0.717, 1.165) is 11.4 Å². The molecule has 20 heavy (non-hydrogen) atoms. The lowest BCUT2D eigenvalue weighted by molar-refractivity contribution is 0.146. The number of ether oxygens (including phenoxy) is 1. The molecule has 1 aromatic heterocycles. The highest BCUT2D eigenvalue weighted by atomic mass is 79.9. The van der Waals surface area contributed by atoms with Crippen molar-refractivity contribution in [1.29, 1.82) is 0 Å². The van der Waals surface area contributed by atoms with Crippen molar-refractivity contribution < 1.29 is 13.2 Å². The van der Waals surface area contributed by atoms with E-state index < -0.39 is 10.0 Å². The summed E-state index contributed by atoms with van der Waals surface area (Å²) in [7, 11) is -3.45. The Labute approximate surface area is 133 Å². The number of hydrogen-bond donors (Lipinski definition) is 2. The van der Waals surface area contributed by atoms with E-state index >= 15 is 0 Å². The molecule has 0 saturated carbocycles. The number of sulfonamides is 1. The highest BCUT2D eigenvalue weighted by Crippen LogP contribution is 2.31. The monoisotopic (exact) mass is 384 g/mol. The van der Waals surface area contributed by atoms with E-state index in [4.69, 9.17) is 4.74 Å². The van der Waals surface area contributed by atoms with Gasteiger partial charge in [0.25, 0.3) is 0 Å². The van der Waals surface area contributed by atoms with Crippen LogP contribution in [0.25, 0.3) is 0 Å². The van der Waals surface area contributed by atoms with E-state index in [0.29, 0.717) is 41.4 Å². The van der Waals surface area contributed by atoms with Crippen LogP contribution in [-0.4, -0.2) is 34.7 Å². The minimum atomic E-state index is -3.45. The Morgan fingerprint density at radius 1 is 1.40 bits per heavy atom. The fourth-order valence-corrected chi connectivity index (χ4v) is 5.24. The topological polar surface area (TPSA) is 67.4 Å². The quantitative estimate of drug-likeness (QED) is 0.607. The fraction of sp³-hybridized carbons (Fsp3) is 0.667. The van der Waals surface area contributed by atoms with Crippen LogP contribution in [0.3, 0.4) is 0 Å². The summed E-state index contributed by atoms with van der Waals surface area (Å²) in [5, 5.41) is 3.18. The number of nitrogens with one attached hydrogen (secondary N) is 2. The van der Waals surface area contributed by atoms with Crippen molar-refractivity contribution in [3.05, 3.63) is 14.7 Å². The standard InChI is InChI=1S/C12H21BrN2O3S2/c1-3-14-9-10-8-11(12(13)19-10)20(16,17)15-6-5-7-18-4-2/h8,14-15H,3-7,9H2,1-2H3. The number of hydrogen-bond acceptors (Lipinski definition) is 5. The molecule has 0 saturated heterocycles. The molecule has 0 bridgehead atoms. The highest BCUT2D eigenvalue weighted by Gasteiger charge is 2.20. The predicted molar refractivity (Wildman–Crippen MR) is 85.7 cm³/mol. The smallest absolute Gasteiger partial charge is 0.242 e. The van der Waals surface area contributed by atoms with Crippen molar-refractivity contribution in [2.24, 2.45) is 0 Å². The van der Waals surface area contributed by atoms with E-state index in [1.165, 1.54) is 11.3 Å². The molecule has 2 N–H and O–H groups in total. The second kappa shape index (κ2) is 9.11. The van der Waals surface area contributed by atoms with Crippen LogP contribution in [0, 0.1) is 0 Å². The van der Waals surface area contributed by atoms with Gasteiger partial charge in [-0.25, -0.2) is 13.1 Å². The van der Waals surface area contributed by atoms with E-state index in [1.54, 1.807) is 6.07 Å². The molecule has 5 nitrogen and oxygen atoms in total. The first kappa shape index (κ1) is 18.1. The first-order valence-electron chi connectivity index (χ1n) is 6.57. The molecule has 0 spiro atoms. The van der Waals surface area contributed by atoms with Crippen LogP contribution < -0.4 is 10.0 Å². The number of halogens is 1. The Bertz CT molecular complexity index is 503. The van der Waals surface area contributed by atoms with Crippen LogP contribution in [0.4, 0.5) is 0 Å². The lowest BCUT2D eigenvalue weighted by atomic mass is 10.4. The second-order valence-electron chi connectivity index (χ2n) is 4.08. The van der Waals surface area contributed by atoms with Crippen molar-refractivity contribution in [3.63, 3.8) is 0 Å². The van der Waals surface area contributed by atoms with Gasteiger partial charge in [0.15, 0.2) is 0 Å². The van der Waals surface area contributed by atoms with E-state index in [2.05, 4.69) is 26.0 Å². The normalized spacial score (nSPS) is 11.9. The second-order valence-corrected chi connectivity index (χ2v) is 8.27. The molecule has 0 aromatic carbocycles. The van der Waals surface area contributed by atoms with Gasteiger partial charge >= 0.3 is 0 Å². The molecule has 0 aliphatic carbocycles. The zero-order valence-electron chi connectivity index (χ0n) is 11.7. The summed E-state index contributed by atoms with van der Waals surface area (Å²) in [4.78, 5) is 1.31. The van der Waals surface area contributed by atoms with E-state index in [-0.39, 0.29) is 0 Å². The molecule has 0 radical (unpaired) electrons. The molecule has 116 valence electrons. The maximum atomic E-state index is 12.2. The lowest BCUT2D eigenvalue weighted by Crippen LogP contribution is -2.25. The maximum Gasteiger partial charge on any atom is 0.242 e. The van der Waals surface area contributed by atoms with Crippen LogP contribution in [0.5, 0.6) is 0 Å². The molecule has 0 unspecified atom stereocenters. The summed E-state index contributed by atoms with van der Waals surface area (Å²) < 4.78 is 32.8. The average molecular weight is 385 g/mol. The summed E-state index contributed by atoms with van der Waals surface area (Å²) in [6.07, 6.45) is 0.666. The van der Waals surface area contributed by atoms with Gasteiger partial charge in [-0.2, -0.15) is 0 Å². The zero-order valence-corrected chi connectivity index (χ0v) is 15.0. The third kappa shape index (κ3) is 5.79. The van der Waals surface area contributed by atoms with Gasteiger partial charge in [0, 0.05) is 31.2 Å². The molecule has 0 aliphatic rings. The summed E-state index contributed by atoms with van der Waals surface area (Å²) in [6.45, 7) is 7.06. The number of thiophene rings is 1. The van der Waals surface area contributed by atoms with Crippen molar-refractivity contribution >= 4 is 37.3 Å². The van der Waals surface area contributed by atoms with Crippen molar-refractivity contribution in [2.45, 2.75) is 31.7 Å². The molecule has 0 amide bonds. The first-order chi connectivity index (χ1) is 9.51. The molecule has 1 aromatic rings. The molecule has 0 fully saturated rings. The van der Waals surface area contributed by atoms with Gasteiger partial charge in [-0.15, -0.1) is 11.3 Å². The third-order valence-electron chi connectivity index (χ3n) is 2.51. The Morgan fingerprint density at radius 3 is 2.80 bits per heavy atom. The molecule has 0 aliphatic heterocycles. The van der Waals surface area contributed by atoms with Gasteiger partial charge in [0.2, 0.25) is 10.0 Å². The van der Waals surface area contributed by atoms with Gasteiger partial charge in [-0.1, -0.05) is 6.92 Å². The highest BCUT2D eigenvalue weighted by molar-refractivity contribution is 9.11. The summed E-state index contributed by atoms with van der Waals surface area (Å²) >= 11 is 4.76. The van der Waals surface area contributed by atoms with Crippen LogP contribution >= 0.6 is 27.3 Å². The fourth-order valence-electron chi connectivity index (χ4n) is 1.52. The summed E-state index contributed by atoms with van der Waals surface area (Å²) in [5.74, 6) is 0. The van der Waals surface area contributed by atoms with Gasteiger partial charge in [-0.05, 0) is 41.9 Å². The van der Waals surface area contributed by atoms with Crippen LogP contribution in [0.2, 0.25) is 0 Å². The van der Waals surface area contributed by atoms with Gasteiger partial charge < -0.3 is 10.1 Å². The molecular formula is C12H21BrN2O3S2. The first-order valence-corrected chi connectivity index (χ1v) is 9.66.